The van der Waals surface area contributed by atoms with E-state index in [-0.39, 0.29) is 23.2 Å². The monoisotopic (exact) mass is 575 g/mol. The zero-order chi connectivity index (χ0) is 28.9. The van der Waals surface area contributed by atoms with Crippen molar-refractivity contribution in [1.82, 2.24) is 0 Å². The van der Waals surface area contributed by atoms with E-state index in [0.29, 0.717) is 33.4 Å². The summed E-state index contributed by atoms with van der Waals surface area (Å²) in [6.45, 7) is 0. The molecule has 0 spiro atoms. The third-order valence-electron chi connectivity index (χ3n) is 5.44. The molecule has 3 N–H and O–H groups in total. The van der Waals surface area contributed by atoms with E-state index in [1.807, 2.05) is 24.3 Å². The number of aromatic hydroxyl groups is 2. The van der Waals surface area contributed by atoms with Gasteiger partial charge in [0.1, 0.15) is 5.58 Å². The molecule has 0 radical (unpaired) electrons. The van der Waals surface area contributed by atoms with Crippen LogP contribution in [0.25, 0.3) is 22.3 Å². The fraction of sp³-hybridized carbons (Fsp3) is 0.0333. The number of methoxy groups -OCH3 is 1. The molecule has 0 aliphatic rings. The molecular formula is C30H24N2O7V. The molecule has 9 nitrogen and oxygen atoms in total. The van der Waals surface area contributed by atoms with Crippen molar-refractivity contribution < 1.29 is 45.5 Å². The summed E-state index contributed by atoms with van der Waals surface area (Å²) in [5, 5.41) is 37.3. The number of rotatable bonds is 5. The predicted molar refractivity (Wildman–Crippen MR) is 148 cm³/mol. The molecule has 40 heavy (non-hydrogen) atoms. The van der Waals surface area contributed by atoms with Crippen molar-refractivity contribution in [2.75, 3.05) is 7.11 Å². The normalized spacial score (nSPS) is 10.8. The van der Waals surface area contributed by atoms with Crippen molar-refractivity contribution >= 4 is 23.1 Å². The Morgan fingerprint density at radius 2 is 1.45 bits per heavy atom. The second kappa shape index (κ2) is 14.8. The number of phenols is 1. The van der Waals surface area contributed by atoms with Crippen molar-refractivity contribution in [3.63, 3.8) is 0 Å². The Morgan fingerprint density at radius 1 is 0.825 bits per heavy atom. The Hall–Kier alpha value is -4.99. The minimum absolute atomic E-state index is 0.0202. The van der Waals surface area contributed by atoms with Crippen LogP contribution in [0, 0.1) is 0 Å². The van der Waals surface area contributed by atoms with Gasteiger partial charge >= 0.3 is 21.0 Å². The predicted octanol–water partition coefficient (Wildman–Crippen LogP) is 5.78. The molecule has 0 saturated carbocycles. The number of aliphatic hydroxyl groups is 1. The van der Waals surface area contributed by atoms with Gasteiger partial charge in [-0.25, -0.2) is 0 Å². The van der Waals surface area contributed by atoms with E-state index in [4.69, 9.17) is 12.8 Å². The second-order valence-electron chi connectivity index (χ2n) is 7.90. The van der Waals surface area contributed by atoms with Crippen LogP contribution < -0.4 is 10.2 Å². The van der Waals surface area contributed by atoms with Gasteiger partial charge in [-0.05, 0) is 36.4 Å². The van der Waals surface area contributed by atoms with Crippen LogP contribution in [0.2, 0.25) is 0 Å². The van der Waals surface area contributed by atoms with Crippen LogP contribution in [-0.4, -0.2) is 34.5 Å². The van der Waals surface area contributed by atoms with Crippen molar-refractivity contribution in [3.05, 3.63) is 124 Å². The quantitative estimate of drug-likeness (QED) is 0.137. The Bertz CT molecular complexity index is 1670. The molecular weight excluding hydrogens is 551 g/mol. The zero-order valence-electron chi connectivity index (χ0n) is 21.2. The van der Waals surface area contributed by atoms with Gasteiger partial charge in [-0.1, -0.05) is 66.7 Å². The first-order chi connectivity index (χ1) is 19.5. The molecule has 1 heterocycles. The van der Waals surface area contributed by atoms with E-state index in [1.165, 1.54) is 13.3 Å². The number of phenolic OH excluding ortho intramolecular Hbond substituents is 1. The number of nitrogens with zero attached hydrogens (tertiary/aromatic N) is 2. The average molecular weight is 575 g/mol. The molecule has 5 aromatic rings. The van der Waals surface area contributed by atoms with Gasteiger partial charge in [0.2, 0.25) is 17.1 Å². The molecule has 201 valence electrons. The zero-order valence-corrected chi connectivity index (χ0v) is 22.6. The van der Waals surface area contributed by atoms with Crippen LogP contribution in [0.15, 0.2) is 123 Å². The van der Waals surface area contributed by atoms with Crippen LogP contribution in [0.4, 0.5) is 0 Å². The third kappa shape index (κ3) is 7.31. The number of hydrogen-bond acceptors (Lipinski definition) is 8. The van der Waals surface area contributed by atoms with E-state index in [0.717, 1.165) is 17.4 Å². The minimum atomic E-state index is -0.407. The Morgan fingerprint density at radius 3 is 2.12 bits per heavy atom. The standard InChI is InChI=1S/C15H14N2O3.C15H10O3.O.V/c1-20-13-9-5-8-12(14(13)18)10-16-17-15(19)11-6-3-2-4-7-11;16-13-11-8-4-5-9-12(11)18-15(14(13)17)10-6-2-1-3-7-10;;/h2-10,18H,1H3,(H,17,19);1-9,17H;;/b16-10+;;;. The average Bonchev–Trinajstić information content (AvgIpc) is 3.02. The molecule has 0 aliphatic heterocycles. The number of fused-ring (bicyclic) bond motifs is 1. The van der Waals surface area contributed by atoms with Crippen LogP contribution in [0.3, 0.4) is 0 Å². The van der Waals surface area contributed by atoms with Gasteiger partial charge in [0.15, 0.2) is 17.3 Å². The number of hydrogen-bond donors (Lipinski definition) is 3. The van der Waals surface area contributed by atoms with Gasteiger partial charge in [0, 0.05) is 16.7 Å². The van der Waals surface area contributed by atoms with E-state index in [2.05, 4.69) is 10.2 Å². The molecule has 10 heteroatoms. The van der Waals surface area contributed by atoms with Gasteiger partial charge < -0.3 is 24.5 Å². The number of benzene rings is 4. The molecule has 4 aromatic carbocycles. The molecule has 0 aliphatic carbocycles. The van der Waals surface area contributed by atoms with Gasteiger partial charge in [-0.2, -0.15) is 5.10 Å². The van der Waals surface area contributed by atoms with Crippen LogP contribution in [0.5, 0.6) is 17.2 Å². The summed E-state index contributed by atoms with van der Waals surface area (Å²) in [6.07, 6.45) is 1.34. The molecule has 0 saturated heterocycles. The summed E-state index contributed by atoms with van der Waals surface area (Å²) in [7, 11) is 1.47. The van der Waals surface area contributed by atoms with E-state index < -0.39 is 5.43 Å². The summed E-state index contributed by atoms with van der Waals surface area (Å²) >= 11 is 1.06. The third-order valence-corrected chi connectivity index (χ3v) is 5.44. The summed E-state index contributed by atoms with van der Waals surface area (Å²) in [6, 6.07) is 29.8. The summed E-state index contributed by atoms with van der Waals surface area (Å²) in [5.74, 6) is 0.00166. The Kier molecular flexibility index (Phi) is 11.0. The molecule has 0 amide bonds. The van der Waals surface area contributed by atoms with Crippen LogP contribution in [-0.2, 0) is 21.0 Å². The maximum atomic E-state index is 12.0. The first-order valence-electron chi connectivity index (χ1n) is 11.7. The SMILES string of the molecule is COc1cccc(/C=N/N=C(\O)c2ccccc2)c1O.O=c1c(O)c(-c2ccccc2)oc2ccccc12.[O]=[V]. The molecule has 5 rings (SSSR count). The first kappa shape index (κ1) is 29.6. The summed E-state index contributed by atoms with van der Waals surface area (Å²) < 4.78 is 18.8. The van der Waals surface area contributed by atoms with E-state index >= 15 is 0 Å². The van der Waals surface area contributed by atoms with E-state index in [9.17, 15) is 20.1 Å². The maximum absolute atomic E-state index is 12.0. The summed E-state index contributed by atoms with van der Waals surface area (Å²) in [4.78, 5) is 12.0. The Labute approximate surface area is 238 Å². The fourth-order valence-corrected chi connectivity index (χ4v) is 3.52. The molecule has 0 unspecified atom stereocenters. The van der Waals surface area contributed by atoms with Crippen molar-refractivity contribution in [2.24, 2.45) is 10.2 Å². The van der Waals surface area contributed by atoms with E-state index in [1.54, 1.807) is 78.9 Å². The Balaban J connectivity index is 0.000000208. The number of ether oxygens (including phenoxy) is 1. The van der Waals surface area contributed by atoms with Crippen LogP contribution in [0.1, 0.15) is 11.1 Å². The number of para-hydroxylation sites is 2. The van der Waals surface area contributed by atoms with Crippen LogP contribution >= 0.6 is 0 Å². The van der Waals surface area contributed by atoms with Crippen molar-refractivity contribution in [3.8, 4) is 28.6 Å². The van der Waals surface area contributed by atoms with Gasteiger partial charge in [-0.15, -0.1) is 5.10 Å². The van der Waals surface area contributed by atoms with Crippen molar-refractivity contribution in [2.45, 2.75) is 0 Å². The molecule has 0 atom stereocenters. The number of aliphatic hydroxyl groups excluding tert-OH is 1. The van der Waals surface area contributed by atoms with Gasteiger partial charge in [-0.3, -0.25) is 4.79 Å². The van der Waals surface area contributed by atoms with Crippen molar-refractivity contribution in [1.29, 1.82) is 0 Å². The molecule has 1 aromatic heterocycles. The topological polar surface area (TPSA) is 142 Å². The first-order valence-corrected chi connectivity index (χ1v) is 12.3. The second-order valence-corrected chi connectivity index (χ2v) is 7.90. The summed E-state index contributed by atoms with van der Waals surface area (Å²) in [5.41, 5.74) is 1.76. The van der Waals surface area contributed by atoms with Gasteiger partial charge in [0.05, 0.1) is 18.7 Å². The molecule has 0 bridgehead atoms. The van der Waals surface area contributed by atoms with Gasteiger partial charge in [0.25, 0.3) is 0 Å². The fourth-order valence-electron chi connectivity index (χ4n) is 3.52. The molecule has 0 fully saturated rings.